The van der Waals surface area contributed by atoms with E-state index in [0.717, 1.165) is 50.5 Å². The highest BCUT2D eigenvalue weighted by atomic mass is 16.5. The standard InChI is InChI=1S/C24H31N5O2/c1-31-19-8-7-17-13-20(24(30)27-18-5-3-2-4-6-18)22-16-28(23-15-25-9-10-26-23)11-12-29(22)21(17)14-19/h7-10,14-15,18,20,22H,2-6,11-13,16H2,1H3,(H,27,30)/t20-,22+/m0/s1. The number of carbonyl (C=O) groups excluding carboxylic acids is 1. The van der Waals surface area contributed by atoms with Gasteiger partial charge in [-0.1, -0.05) is 25.3 Å². The zero-order chi connectivity index (χ0) is 21.2. The summed E-state index contributed by atoms with van der Waals surface area (Å²) in [5.41, 5.74) is 2.43. The Morgan fingerprint density at radius 1 is 1.16 bits per heavy atom. The molecule has 3 aliphatic rings. The van der Waals surface area contributed by atoms with Crippen LogP contribution in [0.1, 0.15) is 37.7 Å². The van der Waals surface area contributed by atoms with Crippen LogP contribution in [0.3, 0.4) is 0 Å². The van der Waals surface area contributed by atoms with Crippen molar-refractivity contribution in [3.63, 3.8) is 0 Å². The minimum Gasteiger partial charge on any atom is -0.497 e. The van der Waals surface area contributed by atoms with Gasteiger partial charge >= 0.3 is 0 Å². The quantitative estimate of drug-likeness (QED) is 0.819. The highest BCUT2D eigenvalue weighted by Gasteiger charge is 2.42. The van der Waals surface area contributed by atoms with Gasteiger partial charge in [-0.05, 0) is 30.9 Å². The SMILES string of the molecule is COc1ccc2c(c1)N1CCN(c3cnccn3)C[C@@H]1[C@@H](C(=O)NC1CCCCC1)C2. The average Bonchev–Trinajstić information content (AvgIpc) is 2.84. The summed E-state index contributed by atoms with van der Waals surface area (Å²) >= 11 is 0. The molecule has 2 fully saturated rings. The number of methoxy groups -OCH3 is 1. The van der Waals surface area contributed by atoms with Crippen molar-refractivity contribution in [2.45, 2.75) is 50.6 Å². The van der Waals surface area contributed by atoms with Crippen LogP contribution in [-0.4, -0.2) is 54.7 Å². The van der Waals surface area contributed by atoms with Crippen LogP contribution < -0.4 is 19.9 Å². The maximum Gasteiger partial charge on any atom is 0.225 e. The average molecular weight is 422 g/mol. The van der Waals surface area contributed by atoms with Crippen LogP contribution in [0.15, 0.2) is 36.8 Å². The lowest BCUT2D eigenvalue weighted by molar-refractivity contribution is -0.126. The zero-order valence-electron chi connectivity index (χ0n) is 18.2. The van der Waals surface area contributed by atoms with E-state index in [1.807, 2.05) is 12.3 Å². The van der Waals surface area contributed by atoms with Crippen molar-refractivity contribution in [1.29, 1.82) is 0 Å². The van der Waals surface area contributed by atoms with E-state index in [9.17, 15) is 4.79 Å². The molecule has 31 heavy (non-hydrogen) atoms. The Morgan fingerprint density at radius 2 is 2.03 bits per heavy atom. The molecule has 1 aromatic heterocycles. The number of rotatable bonds is 4. The van der Waals surface area contributed by atoms with E-state index in [1.165, 1.54) is 30.5 Å². The third-order valence-corrected chi connectivity index (χ3v) is 7.09. The Labute approximate surface area is 183 Å². The van der Waals surface area contributed by atoms with E-state index >= 15 is 0 Å². The molecule has 2 aromatic rings. The molecule has 1 saturated carbocycles. The van der Waals surface area contributed by atoms with Gasteiger partial charge in [-0.2, -0.15) is 0 Å². The topological polar surface area (TPSA) is 70.6 Å². The number of benzene rings is 1. The summed E-state index contributed by atoms with van der Waals surface area (Å²) in [4.78, 5) is 26.9. The number of anilines is 2. The van der Waals surface area contributed by atoms with Crippen LogP contribution in [-0.2, 0) is 11.2 Å². The third kappa shape index (κ3) is 4.05. The Hall–Kier alpha value is -2.83. The number of hydrogen-bond acceptors (Lipinski definition) is 6. The van der Waals surface area contributed by atoms with Gasteiger partial charge in [-0.25, -0.2) is 4.98 Å². The van der Waals surface area contributed by atoms with E-state index in [2.05, 4.69) is 37.2 Å². The van der Waals surface area contributed by atoms with Crippen LogP contribution >= 0.6 is 0 Å². The molecule has 0 bridgehead atoms. The largest absolute Gasteiger partial charge is 0.497 e. The molecule has 3 heterocycles. The van der Waals surface area contributed by atoms with E-state index < -0.39 is 0 Å². The minimum atomic E-state index is -0.0812. The van der Waals surface area contributed by atoms with E-state index in [1.54, 1.807) is 19.5 Å². The van der Waals surface area contributed by atoms with Gasteiger partial charge in [0.15, 0.2) is 0 Å². The number of hydrogen-bond donors (Lipinski definition) is 1. The van der Waals surface area contributed by atoms with Crippen molar-refractivity contribution >= 4 is 17.4 Å². The first kappa shape index (κ1) is 20.1. The van der Waals surface area contributed by atoms with Crippen LogP contribution in [0.25, 0.3) is 0 Å². The second-order valence-electron chi connectivity index (χ2n) is 8.92. The molecule has 1 aromatic carbocycles. The van der Waals surface area contributed by atoms with Gasteiger partial charge in [0, 0.05) is 49.8 Å². The highest BCUT2D eigenvalue weighted by Crippen LogP contribution is 2.38. The maximum atomic E-state index is 13.5. The fourth-order valence-electron chi connectivity index (χ4n) is 5.42. The van der Waals surface area contributed by atoms with Crippen molar-refractivity contribution in [3.05, 3.63) is 42.4 Å². The second kappa shape index (κ2) is 8.73. The van der Waals surface area contributed by atoms with E-state index in [0.29, 0.717) is 6.04 Å². The van der Waals surface area contributed by atoms with Gasteiger partial charge in [0.25, 0.3) is 0 Å². The first-order valence-corrected chi connectivity index (χ1v) is 11.5. The minimum absolute atomic E-state index is 0.0812. The summed E-state index contributed by atoms with van der Waals surface area (Å²) in [5.74, 6) is 1.86. The van der Waals surface area contributed by atoms with Crippen LogP contribution in [0, 0.1) is 5.92 Å². The molecule has 1 aliphatic carbocycles. The predicted molar refractivity (Wildman–Crippen MR) is 121 cm³/mol. The van der Waals surface area contributed by atoms with E-state index in [-0.39, 0.29) is 17.9 Å². The lowest BCUT2D eigenvalue weighted by Gasteiger charge is -2.49. The molecule has 1 amide bonds. The molecule has 164 valence electrons. The summed E-state index contributed by atoms with van der Waals surface area (Å²) in [6.45, 7) is 2.45. The number of amides is 1. The molecular formula is C24H31N5O2. The highest BCUT2D eigenvalue weighted by molar-refractivity contribution is 5.82. The molecule has 0 spiro atoms. The number of aromatic nitrogens is 2. The number of ether oxygens (including phenoxy) is 1. The van der Waals surface area contributed by atoms with E-state index in [4.69, 9.17) is 4.74 Å². The summed E-state index contributed by atoms with van der Waals surface area (Å²) in [6.07, 6.45) is 11.9. The summed E-state index contributed by atoms with van der Waals surface area (Å²) < 4.78 is 5.49. The number of piperazine rings is 1. The predicted octanol–water partition coefficient (Wildman–Crippen LogP) is 2.80. The molecular weight excluding hydrogens is 390 g/mol. The molecule has 1 saturated heterocycles. The number of fused-ring (bicyclic) bond motifs is 3. The lowest BCUT2D eigenvalue weighted by Crippen LogP contribution is -2.62. The molecule has 5 rings (SSSR count). The fraction of sp³-hybridized carbons (Fsp3) is 0.542. The molecule has 7 heteroatoms. The van der Waals surface area contributed by atoms with Gasteiger partial charge in [-0.3, -0.25) is 9.78 Å². The number of nitrogens with one attached hydrogen (secondary N) is 1. The van der Waals surface area contributed by atoms with Crippen molar-refractivity contribution < 1.29 is 9.53 Å². The Bertz CT molecular complexity index is 915. The first-order chi connectivity index (χ1) is 15.2. The molecule has 2 aliphatic heterocycles. The van der Waals surface area contributed by atoms with Gasteiger partial charge in [-0.15, -0.1) is 0 Å². The molecule has 2 atom stereocenters. The van der Waals surface area contributed by atoms with Crippen LogP contribution in [0.4, 0.5) is 11.5 Å². The fourth-order valence-corrected chi connectivity index (χ4v) is 5.42. The summed E-state index contributed by atoms with van der Waals surface area (Å²) in [7, 11) is 1.70. The monoisotopic (exact) mass is 421 g/mol. The Balaban J connectivity index is 1.43. The molecule has 0 unspecified atom stereocenters. The molecule has 0 radical (unpaired) electrons. The van der Waals surface area contributed by atoms with Gasteiger partial charge in [0.1, 0.15) is 11.6 Å². The smallest absolute Gasteiger partial charge is 0.225 e. The lowest BCUT2D eigenvalue weighted by atomic mass is 9.82. The van der Waals surface area contributed by atoms with Crippen molar-refractivity contribution in [3.8, 4) is 5.75 Å². The maximum absolute atomic E-state index is 13.5. The second-order valence-corrected chi connectivity index (χ2v) is 8.92. The van der Waals surface area contributed by atoms with Gasteiger partial charge in [0.2, 0.25) is 5.91 Å². The van der Waals surface area contributed by atoms with Crippen LogP contribution in [0.5, 0.6) is 5.75 Å². The molecule has 7 nitrogen and oxygen atoms in total. The van der Waals surface area contributed by atoms with Crippen LogP contribution in [0.2, 0.25) is 0 Å². The Morgan fingerprint density at radius 3 is 2.81 bits per heavy atom. The van der Waals surface area contributed by atoms with Crippen molar-refractivity contribution in [2.75, 3.05) is 36.5 Å². The van der Waals surface area contributed by atoms with Gasteiger partial charge in [0.05, 0.1) is 25.3 Å². The summed E-state index contributed by atoms with van der Waals surface area (Å²) in [6, 6.07) is 6.67. The summed E-state index contributed by atoms with van der Waals surface area (Å²) in [5, 5.41) is 3.39. The number of carbonyl (C=O) groups is 1. The van der Waals surface area contributed by atoms with Crippen molar-refractivity contribution in [1.82, 2.24) is 15.3 Å². The Kier molecular flexibility index (Phi) is 5.66. The van der Waals surface area contributed by atoms with Gasteiger partial charge < -0.3 is 19.9 Å². The zero-order valence-corrected chi connectivity index (χ0v) is 18.2. The number of nitrogens with zero attached hydrogens (tertiary/aromatic N) is 4. The molecule has 1 N–H and O–H groups in total. The van der Waals surface area contributed by atoms with Crippen molar-refractivity contribution in [2.24, 2.45) is 5.92 Å². The first-order valence-electron chi connectivity index (χ1n) is 11.5. The third-order valence-electron chi connectivity index (χ3n) is 7.09. The normalized spacial score (nSPS) is 23.6.